The normalized spacial score (nSPS) is 20.2. The number of allylic oxidation sites excluding steroid dienone is 1. The molecular weight excluding hydrogens is 202 g/mol. The van der Waals surface area contributed by atoms with Crippen LogP contribution in [0.2, 0.25) is 0 Å². The van der Waals surface area contributed by atoms with Crippen LogP contribution in [0.1, 0.15) is 47.0 Å². The zero-order valence-corrected chi connectivity index (χ0v) is 10.8. The number of carbonyl (C=O) groups excluding carboxylic acids is 1. The first-order valence-corrected chi connectivity index (χ1v) is 6.18. The van der Waals surface area contributed by atoms with Gasteiger partial charge in [-0.05, 0) is 53.0 Å². The number of hydrogen-bond acceptors (Lipinski definition) is 2. The van der Waals surface area contributed by atoms with Crippen LogP contribution in [0.15, 0.2) is 12.2 Å². The van der Waals surface area contributed by atoms with Gasteiger partial charge in [0.2, 0.25) is 0 Å². The quantitative estimate of drug-likeness (QED) is 0.689. The Morgan fingerprint density at radius 3 is 2.38 bits per heavy atom. The van der Waals surface area contributed by atoms with Crippen LogP contribution >= 0.6 is 0 Å². The molecule has 0 spiro atoms. The van der Waals surface area contributed by atoms with Crippen LogP contribution in [-0.4, -0.2) is 29.2 Å². The predicted molar refractivity (Wildman–Crippen MR) is 65.4 cm³/mol. The van der Waals surface area contributed by atoms with Crippen molar-refractivity contribution in [2.75, 3.05) is 0 Å². The van der Waals surface area contributed by atoms with Gasteiger partial charge in [-0.3, -0.25) is 0 Å². The maximum atomic E-state index is 12.0. The molecule has 3 heteroatoms. The van der Waals surface area contributed by atoms with E-state index < -0.39 is 0 Å². The van der Waals surface area contributed by atoms with Crippen LogP contribution in [0.3, 0.4) is 0 Å². The lowest BCUT2D eigenvalue weighted by atomic mass is 10.1. The van der Waals surface area contributed by atoms with E-state index in [1.807, 2.05) is 33.8 Å². The van der Waals surface area contributed by atoms with Gasteiger partial charge in [0.1, 0.15) is 6.10 Å². The molecule has 1 aliphatic rings. The van der Waals surface area contributed by atoms with Crippen molar-refractivity contribution >= 4 is 6.09 Å². The lowest BCUT2D eigenvalue weighted by Gasteiger charge is -2.31. The molecule has 0 heterocycles. The summed E-state index contributed by atoms with van der Waals surface area (Å²) in [6.45, 7) is 8.05. The number of amides is 1. The van der Waals surface area contributed by atoms with Crippen molar-refractivity contribution in [2.45, 2.75) is 65.1 Å². The van der Waals surface area contributed by atoms with Gasteiger partial charge in [0, 0.05) is 12.1 Å². The first-order chi connectivity index (χ1) is 7.52. The molecule has 0 unspecified atom stereocenters. The van der Waals surface area contributed by atoms with E-state index in [2.05, 4.69) is 6.08 Å². The Morgan fingerprint density at radius 2 is 1.94 bits per heavy atom. The molecule has 1 rings (SSSR count). The second kappa shape index (κ2) is 5.92. The van der Waals surface area contributed by atoms with E-state index in [0.29, 0.717) is 0 Å². The standard InChI is InChI=1S/C13H23NO2/c1-10(2)14(11(3)4)13(15)16-12-8-6-5-7-9-12/h6,8,10-12H,5,7,9H2,1-4H3/t12-/m0/s1. The van der Waals surface area contributed by atoms with Crippen molar-refractivity contribution in [1.82, 2.24) is 4.90 Å². The van der Waals surface area contributed by atoms with Gasteiger partial charge in [0.05, 0.1) is 0 Å². The van der Waals surface area contributed by atoms with Gasteiger partial charge in [-0.1, -0.05) is 6.08 Å². The second-order valence-corrected chi connectivity index (χ2v) is 4.88. The number of rotatable bonds is 3. The van der Waals surface area contributed by atoms with E-state index in [1.54, 1.807) is 4.90 Å². The fourth-order valence-electron chi connectivity index (χ4n) is 2.09. The first-order valence-electron chi connectivity index (χ1n) is 6.18. The van der Waals surface area contributed by atoms with E-state index in [4.69, 9.17) is 4.74 Å². The number of hydrogen-bond donors (Lipinski definition) is 0. The molecule has 0 N–H and O–H groups in total. The van der Waals surface area contributed by atoms with Gasteiger partial charge in [-0.25, -0.2) is 4.79 Å². The van der Waals surface area contributed by atoms with Crippen molar-refractivity contribution < 1.29 is 9.53 Å². The summed E-state index contributed by atoms with van der Waals surface area (Å²) >= 11 is 0. The third-order valence-electron chi connectivity index (χ3n) is 2.79. The molecular formula is C13H23NO2. The Labute approximate surface area is 98.5 Å². The van der Waals surface area contributed by atoms with Gasteiger partial charge in [-0.2, -0.15) is 0 Å². The molecule has 1 aliphatic carbocycles. The zero-order valence-electron chi connectivity index (χ0n) is 10.8. The van der Waals surface area contributed by atoms with E-state index >= 15 is 0 Å². The second-order valence-electron chi connectivity index (χ2n) is 4.88. The monoisotopic (exact) mass is 225 g/mol. The predicted octanol–water partition coefficient (Wildman–Crippen LogP) is 3.35. The Hall–Kier alpha value is -0.990. The topological polar surface area (TPSA) is 29.5 Å². The van der Waals surface area contributed by atoms with Crippen molar-refractivity contribution in [3.8, 4) is 0 Å². The van der Waals surface area contributed by atoms with Crippen molar-refractivity contribution in [1.29, 1.82) is 0 Å². The zero-order chi connectivity index (χ0) is 12.1. The van der Waals surface area contributed by atoms with Crippen molar-refractivity contribution in [3.63, 3.8) is 0 Å². The fourth-order valence-corrected chi connectivity index (χ4v) is 2.09. The average Bonchev–Trinajstić information content (AvgIpc) is 2.17. The van der Waals surface area contributed by atoms with Crippen LogP contribution in [0.5, 0.6) is 0 Å². The minimum atomic E-state index is -0.193. The van der Waals surface area contributed by atoms with Crippen LogP contribution in [0.25, 0.3) is 0 Å². The molecule has 1 amide bonds. The Morgan fingerprint density at radius 1 is 1.31 bits per heavy atom. The van der Waals surface area contributed by atoms with Gasteiger partial charge in [-0.15, -0.1) is 0 Å². The highest BCUT2D eigenvalue weighted by Gasteiger charge is 2.24. The number of carbonyl (C=O) groups is 1. The molecule has 0 saturated carbocycles. The summed E-state index contributed by atoms with van der Waals surface area (Å²) in [7, 11) is 0. The molecule has 0 aromatic rings. The smallest absolute Gasteiger partial charge is 0.410 e. The summed E-state index contributed by atoms with van der Waals surface area (Å²) in [5, 5.41) is 0. The molecule has 0 aliphatic heterocycles. The van der Waals surface area contributed by atoms with Crippen LogP contribution in [0.4, 0.5) is 4.79 Å². The summed E-state index contributed by atoms with van der Waals surface area (Å²) in [5.74, 6) is 0. The number of ether oxygens (including phenoxy) is 1. The molecule has 0 aromatic heterocycles. The highest BCUT2D eigenvalue weighted by Crippen LogP contribution is 2.16. The summed E-state index contributed by atoms with van der Waals surface area (Å²) < 4.78 is 5.48. The van der Waals surface area contributed by atoms with E-state index in [9.17, 15) is 4.79 Å². The molecule has 1 atom stereocenters. The summed E-state index contributed by atoms with van der Waals surface area (Å²) in [6.07, 6.45) is 7.04. The van der Waals surface area contributed by atoms with E-state index in [0.717, 1.165) is 19.3 Å². The summed E-state index contributed by atoms with van der Waals surface area (Å²) in [4.78, 5) is 13.7. The lowest BCUT2D eigenvalue weighted by molar-refractivity contribution is 0.0560. The molecule has 0 saturated heterocycles. The molecule has 0 bridgehead atoms. The van der Waals surface area contributed by atoms with Crippen LogP contribution < -0.4 is 0 Å². The Kier molecular flexibility index (Phi) is 4.84. The van der Waals surface area contributed by atoms with Gasteiger partial charge < -0.3 is 9.64 Å². The Balaban J connectivity index is 2.54. The minimum Gasteiger partial charge on any atom is -0.442 e. The fraction of sp³-hybridized carbons (Fsp3) is 0.769. The van der Waals surface area contributed by atoms with E-state index in [-0.39, 0.29) is 24.3 Å². The molecule has 3 nitrogen and oxygen atoms in total. The van der Waals surface area contributed by atoms with Gasteiger partial charge >= 0.3 is 6.09 Å². The highest BCUT2D eigenvalue weighted by atomic mass is 16.6. The molecule has 0 radical (unpaired) electrons. The van der Waals surface area contributed by atoms with Crippen molar-refractivity contribution in [3.05, 3.63) is 12.2 Å². The first kappa shape index (κ1) is 13.1. The third kappa shape index (κ3) is 3.54. The van der Waals surface area contributed by atoms with Gasteiger partial charge in [0.15, 0.2) is 0 Å². The van der Waals surface area contributed by atoms with Gasteiger partial charge in [0.25, 0.3) is 0 Å². The maximum absolute atomic E-state index is 12.0. The molecule has 92 valence electrons. The van der Waals surface area contributed by atoms with Crippen LogP contribution in [-0.2, 0) is 4.74 Å². The summed E-state index contributed by atoms with van der Waals surface area (Å²) in [6, 6.07) is 0.361. The lowest BCUT2D eigenvalue weighted by Crippen LogP contribution is -2.43. The van der Waals surface area contributed by atoms with Crippen molar-refractivity contribution in [2.24, 2.45) is 0 Å². The summed E-state index contributed by atoms with van der Waals surface area (Å²) in [5.41, 5.74) is 0. The number of nitrogens with zero attached hydrogens (tertiary/aromatic N) is 1. The highest BCUT2D eigenvalue weighted by molar-refractivity contribution is 5.68. The molecule has 0 fully saturated rings. The minimum absolute atomic E-state index is 0.0266. The molecule has 0 aromatic carbocycles. The Bertz CT molecular complexity index is 251. The van der Waals surface area contributed by atoms with Crippen LogP contribution in [0, 0.1) is 0 Å². The SMILES string of the molecule is CC(C)N(C(=O)O[C@H]1C=CCCC1)C(C)C. The molecule has 16 heavy (non-hydrogen) atoms. The van der Waals surface area contributed by atoms with E-state index in [1.165, 1.54) is 0 Å². The largest absolute Gasteiger partial charge is 0.442 e. The maximum Gasteiger partial charge on any atom is 0.410 e. The average molecular weight is 225 g/mol. The third-order valence-corrected chi connectivity index (χ3v) is 2.79.